The van der Waals surface area contributed by atoms with Gasteiger partial charge in [-0.2, -0.15) is 0 Å². The van der Waals surface area contributed by atoms with Gasteiger partial charge in [0.2, 0.25) is 0 Å². The van der Waals surface area contributed by atoms with Gasteiger partial charge in [-0.15, -0.1) is 0 Å². The van der Waals surface area contributed by atoms with Crippen LogP contribution in [0.3, 0.4) is 0 Å². The molecule has 0 atom stereocenters. The molecule has 0 aliphatic heterocycles. The maximum Gasteiger partial charge on any atom is 0.330 e. The topological polar surface area (TPSA) is 44.0 Å². The van der Waals surface area contributed by atoms with Crippen molar-refractivity contribution in [2.45, 2.75) is 26.3 Å². The third-order valence-corrected chi connectivity index (χ3v) is 1.97. The van der Waals surface area contributed by atoms with Gasteiger partial charge in [0.15, 0.2) is 0 Å². The number of hydrogen-bond donors (Lipinski definition) is 0. The highest BCUT2D eigenvalue weighted by Crippen LogP contribution is 1.87. The van der Waals surface area contributed by atoms with Gasteiger partial charge in [0.05, 0.1) is 0 Å². The van der Waals surface area contributed by atoms with Crippen LogP contribution >= 0.6 is 0 Å². The molecular formula is C9H14N2O2. The second-order valence-corrected chi connectivity index (χ2v) is 3.05. The maximum atomic E-state index is 11.4. The minimum Gasteiger partial charge on any atom is -0.303 e. The molecule has 0 aliphatic rings. The number of aromatic nitrogens is 2. The van der Waals surface area contributed by atoms with E-state index in [1.807, 2.05) is 6.92 Å². The minimum absolute atomic E-state index is 0.212. The molecule has 1 aromatic heterocycles. The van der Waals surface area contributed by atoms with Crippen LogP contribution in [0.25, 0.3) is 0 Å². The summed E-state index contributed by atoms with van der Waals surface area (Å²) in [5.74, 6) is 0. The molecule has 0 amide bonds. The van der Waals surface area contributed by atoms with Crippen LogP contribution in [0.4, 0.5) is 0 Å². The first-order valence-electron chi connectivity index (χ1n) is 4.43. The molecule has 0 bridgehead atoms. The minimum atomic E-state index is -0.235. The van der Waals surface area contributed by atoms with E-state index >= 15 is 0 Å². The number of nitrogens with zero attached hydrogens (tertiary/aromatic N) is 2. The lowest BCUT2D eigenvalue weighted by Gasteiger charge is -2.04. The Morgan fingerprint density at radius 1 is 1.38 bits per heavy atom. The Kier molecular flexibility index (Phi) is 3.06. The Balaban J connectivity index is 3.11. The molecule has 4 nitrogen and oxygen atoms in total. The third kappa shape index (κ3) is 2.08. The van der Waals surface area contributed by atoms with E-state index < -0.39 is 0 Å². The number of hydrogen-bond acceptors (Lipinski definition) is 2. The van der Waals surface area contributed by atoms with E-state index in [0.717, 1.165) is 12.8 Å². The Labute approximate surface area is 76.4 Å². The first-order valence-corrected chi connectivity index (χ1v) is 4.43. The molecule has 1 heterocycles. The lowest BCUT2D eigenvalue weighted by molar-refractivity contribution is 0.557. The van der Waals surface area contributed by atoms with Crippen LogP contribution in [0.5, 0.6) is 0 Å². The lowest BCUT2D eigenvalue weighted by atomic mass is 10.3. The molecule has 0 aliphatic carbocycles. The van der Waals surface area contributed by atoms with E-state index in [0.29, 0.717) is 6.54 Å². The SMILES string of the molecule is CCCCn1c(=O)ccn(C)c1=O. The van der Waals surface area contributed by atoms with E-state index in [4.69, 9.17) is 0 Å². The highest BCUT2D eigenvalue weighted by molar-refractivity contribution is 4.85. The molecule has 72 valence electrons. The second-order valence-electron chi connectivity index (χ2n) is 3.05. The zero-order valence-corrected chi connectivity index (χ0v) is 7.99. The molecule has 0 N–H and O–H groups in total. The fourth-order valence-electron chi connectivity index (χ4n) is 1.14. The molecule has 0 saturated heterocycles. The van der Waals surface area contributed by atoms with Gasteiger partial charge < -0.3 is 4.57 Å². The van der Waals surface area contributed by atoms with Crippen molar-refractivity contribution in [1.29, 1.82) is 0 Å². The Hall–Kier alpha value is -1.32. The van der Waals surface area contributed by atoms with E-state index in [-0.39, 0.29) is 11.2 Å². The van der Waals surface area contributed by atoms with Crippen molar-refractivity contribution in [3.05, 3.63) is 33.1 Å². The van der Waals surface area contributed by atoms with Gasteiger partial charge in [-0.3, -0.25) is 9.36 Å². The predicted octanol–water partition coefficient (Wildman–Crippen LogP) is 0.347. The summed E-state index contributed by atoms with van der Waals surface area (Å²) in [6, 6.07) is 1.41. The van der Waals surface area contributed by atoms with Gasteiger partial charge in [-0.25, -0.2) is 4.79 Å². The quantitative estimate of drug-likeness (QED) is 0.677. The fourth-order valence-corrected chi connectivity index (χ4v) is 1.14. The van der Waals surface area contributed by atoms with Crippen molar-refractivity contribution < 1.29 is 0 Å². The summed E-state index contributed by atoms with van der Waals surface area (Å²) in [6.07, 6.45) is 3.33. The normalized spacial score (nSPS) is 10.3. The zero-order valence-electron chi connectivity index (χ0n) is 7.99. The highest BCUT2D eigenvalue weighted by Gasteiger charge is 2.00. The van der Waals surface area contributed by atoms with E-state index in [2.05, 4.69) is 0 Å². The molecule has 4 heteroatoms. The van der Waals surface area contributed by atoms with Gasteiger partial charge in [-0.05, 0) is 6.42 Å². The molecule has 0 radical (unpaired) electrons. The van der Waals surface area contributed by atoms with Gasteiger partial charge in [0.1, 0.15) is 0 Å². The summed E-state index contributed by atoms with van der Waals surface area (Å²) in [7, 11) is 1.64. The Morgan fingerprint density at radius 3 is 2.69 bits per heavy atom. The van der Waals surface area contributed by atoms with Crippen LogP contribution in [-0.2, 0) is 13.6 Å². The first-order chi connectivity index (χ1) is 6.16. The summed E-state index contributed by atoms with van der Waals surface area (Å²) >= 11 is 0. The second kappa shape index (κ2) is 4.07. The molecule has 0 unspecified atom stereocenters. The van der Waals surface area contributed by atoms with E-state index in [9.17, 15) is 9.59 Å². The number of unbranched alkanes of at least 4 members (excludes halogenated alkanes) is 1. The van der Waals surface area contributed by atoms with Gasteiger partial charge in [-0.1, -0.05) is 13.3 Å². The molecule has 0 spiro atoms. The average molecular weight is 182 g/mol. The largest absolute Gasteiger partial charge is 0.330 e. The van der Waals surface area contributed by atoms with Crippen molar-refractivity contribution in [3.8, 4) is 0 Å². The van der Waals surface area contributed by atoms with Crippen molar-refractivity contribution >= 4 is 0 Å². The van der Waals surface area contributed by atoms with Crippen LogP contribution in [-0.4, -0.2) is 9.13 Å². The van der Waals surface area contributed by atoms with Gasteiger partial charge in [0.25, 0.3) is 5.56 Å². The van der Waals surface area contributed by atoms with E-state index in [1.54, 1.807) is 7.05 Å². The summed E-state index contributed by atoms with van der Waals surface area (Å²) < 4.78 is 2.68. The van der Waals surface area contributed by atoms with Crippen LogP contribution in [0, 0.1) is 0 Å². The van der Waals surface area contributed by atoms with Crippen LogP contribution in [0.2, 0.25) is 0 Å². The fraction of sp³-hybridized carbons (Fsp3) is 0.556. The van der Waals surface area contributed by atoms with Gasteiger partial charge in [0, 0.05) is 25.9 Å². The molecule has 13 heavy (non-hydrogen) atoms. The molecule has 0 fully saturated rings. The van der Waals surface area contributed by atoms with Crippen LogP contribution in [0.15, 0.2) is 21.9 Å². The smallest absolute Gasteiger partial charge is 0.303 e. The standard InChI is InChI=1S/C9H14N2O2/c1-3-4-6-11-8(12)5-7-10(2)9(11)13/h5,7H,3-4,6H2,1-2H3. The van der Waals surface area contributed by atoms with Crippen molar-refractivity contribution in [3.63, 3.8) is 0 Å². The maximum absolute atomic E-state index is 11.4. The lowest BCUT2D eigenvalue weighted by Crippen LogP contribution is -2.37. The first kappa shape index (κ1) is 9.77. The monoisotopic (exact) mass is 182 g/mol. The highest BCUT2D eigenvalue weighted by atomic mass is 16.2. The van der Waals surface area contributed by atoms with Crippen LogP contribution < -0.4 is 11.2 Å². The molecular weight excluding hydrogens is 168 g/mol. The summed E-state index contributed by atoms with van der Waals surface area (Å²) in [6.45, 7) is 2.54. The molecule has 0 aromatic carbocycles. The molecule has 1 rings (SSSR count). The summed E-state index contributed by atoms with van der Waals surface area (Å²) in [5, 5.41) is 0. The van der Waals surface area contributed by atoms with Gasteiger partial charge >= 0.3 is 5.69 Å². The average Bonchev–Trinajstić information content (AvgIpc) is 2.12. The van der Waals surface area contributed by atoms with Crippen molar-refractivity contribution in [2.75, 3.05) is 0 Å². The van der Waals surface area contributed by atoms with Crippen LogP contribution in [0.1, 0.15) is 19.8 Å². The predicted molar refractivity (Wildman–Crippen MR) is 50.9 cm³/mol. The summed E-state index contributed by atoms with van der Waals surface area (Å²) in [4.78, 5) is 22.7. The zero-order chi connectivity index (χ0) is 9.84. The van der Waals surface area contributed by atoms with Crippen molar-refractivity contribution in [2.24, 2.45) is 7.05 Å². The van der Waals surface area contributed by atoms with Crippen molar-refractivity contribution in [1.82, 2.24) is 9.13 Å². The summed E-state index contributed by atoms with van der Waals surface area (Å²) in [5.41, 5.74) is -0.447. The Bertz CT molecular complexity index is 389. The van der Waals surface area contributed by atoms with E-state index in [1.165, 1.54) is 21.4 Å². The third-order valence-electron chi connectivity index (χ3n) is 1.97. The number of rotatable bonds is 3. The number of aryl methyl sites for hydroxylation is 1. The molecule has 0 saturated carbocycles. The Morgan fingerprint density at radius 2 is 2.08 bits per heavy atom. The molecule has 1 aromatic rings.